The van der Waals surface area contributed by atoms with E-state index in [0.717, 1.165) is 18.7 Å². The number of halogens is 1. The van der Waals surface area contributed by atoms with Gasteiger partial charge in [0.25, 0.3) is 0 Å². The zero-order chi connectivity index (χ0) is 15.4. The van der Waals surface area contributed by atoms with Gasteiger partial charge in [-0.25, -0.2) is 4.39 Å². The smallest absolute Gasteiger partial charge is 0.322 e. The lowest BCUT2D eigenvalue weighted by Crippen LogP contribution is -2.39. The number of carbonyl (C=O) groups is 2. The lowest BCUT2D eigenvalue weighted by molar-refractivity contribution is -0.137. The molecule has 1 aliphatic rings. The van der Waals surface area contributed by atoms with Crippen LogP contribution >= 0.6 is 0 Å². The highest BCUT2D eigenvalue weighted by molar-refractivity contribution is 5.86. The summed E-state index contributed by atoms with van der Waals surface area (Å²) in [6.07, 6.45) is 0.832. The zero-order valence-corrected chi connectivity index (χ0v) is 11.8. The summed E-state index contributed by atoms with van der Waals surface area (Å²) < 4.78 is 13.5. The van der Waals surface area contributed by atoms with Gasteiger partial charge in [0.1, 0.15) is 12.4 Å². The third kappa shape index (κ3) is 3.84. The third-order valence-electron chi connectivity index (χ3n) is 3.38. The van der Waals surface area contributed by atoms with Crippen molar-refractivity contribution in [1.82, 2.24) is 5.32 Å². The molecule has 0 atom stereocenters. The summed E-state index contributed by atoms with van der Waals surface area (Å²) in [6, 6.07) is 4.49. The molecular weight excluding hydrogens is 277 g/mol. The van der Waals surface area contributed by atoms with E-state index in [0.29, 0.717) is 12.2 Å². The molecule has 1 aromatic rings. The molecule has 1 heterocycles. The highest BCUT2D eigenvalue weighted by atomic mass is 19.1. The Hall–Kier alpha value is -2.31. The quantitative estimate of drug-likeness (QED) is 0.854. The topological polar surface area (TPSA) is 72.9 Å². The molecule has 1 aromatic carbocycles. The number of hydrogen-bond acceptors (Lipinski definition) is 4. The monoisotopic (exact) mass is 295 g/mol. The van der Waals surface area contributed by atoms with Gasteiger partial charge in [0, 0.05) is 20.1 Å². The highest BCUT2D eigenvalue weighted by Crippen LogP contribution is 2.31. The first-order chi connectivity index (χ1) is 9.97. The molecule has 0 aliphatic carbocycles. The van der Waals surface area contributed by atoms with Crippen LogP contribution in [0.25, 0.3) is 0 Å². The molecule has 0 saturated heterocycles. The zero-order valence-electron chi connectivity index (χ0n) is 11.8. The largest absolute Gasteiger partial charge is 0.480 e. The number of fused-ring (bicyclic) bond motifs is 1. The fourth-order valence-electron chi connectivity index (χ4n) is 2.38. The van der Waals surface area contributed by atoms with Crippen LogP contribution in [0, 0.1) is 5.82 Å². The molecule has 0 unspecified atom stereocenters. The summed E-state index contributed by atoms with van der Waals surface area (Å²) in [7, 11) is 1.92. The summed E-state index contributed by atoms with van der Waals surface area (Å²) in [5, 5.41) is 10.9. The SMILES string of the molecule is CN1CCCN(CC(=O)NCC(=O)O)c2cc(F)ccc21. The van der Waals surface area contributed by atoms with E-state index in [1.165, 1.54) is 12.1 Å². The van der Waals surface area contributed by atoms with Crippen LogP contribution in [0.5, 0.6) is 0 Å². The number of anilines is 2. The van der Waals surface area contributed by atoms with E-state index in [-0.39, 0.29) is 12.4 Å². The number of amides is 1. The molecule has 0 spiro atoms. The van der Waals surface area contributed by atoms with Crippen LogP contribution in [0.4, 0.5) is 15.8 Å². The Morgan fingerprint density at radius 2 is 2.10 bits per heavy atom. The normalized spacial score (nSPS) is 14.4. The van der Waals surface area contributed by atoms with Gasteiger partial charge in [-0.05, 0) is 24.6 Å². The molecule has 114 valence electrons. The minimum Gasteiger partial charge on any atom is -0.480 e. The number of nitrogens with one attached hydrogen (secondary N) is 1. The Morgan fingerprint density at radius 3 is 2.81 bits per heavy atom. The first-order valence-corrected chi connectivity index (χ1v) is 6.71. The lowest BCUT2D eigenvalue weighted by Gasteiger charge is -2.25. The van der Waals surface area contributed by atoms with Crippen molar-refractivity contribution < 1.29 is 19.1 Å². The van der Waals surface area contributed by atoms with Crippen LogP contribution in [0.2, 0.25) is 0 Å². The minimum absolute atomic E-state index is 0.0115. The molecule has 0 aromatic heterocycles. The molecule has 0 fully saturated rings. The number of nitrogens with zero attached hydrogens (tertiary/aromatic N) is 2. The standard InChI is InChI=1S/C14H18FN3O3/c1-17-5-2-6-18(9-13(19)16-8-14(20)21)12-7-10(15)3-4-11(12)17/h3-4,7H,2,5-6,8-9H2,1H3,(H,16,19)(H,20,21). The highest BCUT2D eigenvalue weighted by Gasteiger charge is 2.21. The van der Waals surface area contributed by atoms with Gasteiger partial charge in [0.15, 0.2) is 0 Å². The average molecular weight is 295 g/mol. The van der Waals surface area contributed by atoms with Crippen LogP contribution in [-0.2, 0) is 9.59 Å². The van der Waals surface area contributed by atoms with Gasteiger partial charge in [-0.2, -0.15) is 0 Å². The van der Waals surface area contributed by atoms with Crippen LogP contribution in [0.3, 0.4) is 0 Å². The Balaban J connectivity index is 2.16. The van der Waals surface area contributed by atoms with Crippen molar-refractivity contribution in [1.29, 1.82) is 0 Å². The van der Waals surface area contributed by atoms with E-state index in [1.807, 2.05) is 11.9 Å². The minimum atomic E-state index is -1.09. The van der Waals surface area contributed by atoms with Crippen molar-refractivity contribution in [2.24, 2.45) is 0 Å². The van der Waals surface area contributed by atoms with Gasteiger partial charge in [0.05, 0.1) is 17.9 Å². The number of carboxylic acids is 1. The van der Waals surface area contributed by atoms with Crippen LogP contribution in [-0.4, -0.2) is 50.2 Å². The maximum atomic E-state index is 13.5. The molecule has 1 aliphatic heterocycles. The van der Waals surface area contributed by atoms with E-state index >= 15 is 0 Å². The second kappa shape index (κ2) is 6.43. The summed E-state index contributed by atoms with van der Waals surface area (Å²) in [4.78, 5) is 26.0. The van der Waals surface area contributed by atoms with E-state index < -0.39 is 18.4 Å². The number of rotatable bonds is 4. The van der Waals surface area contributed by atoms with Gasteiger partial charge in [-0.15, -0.1) is 0 Å². The van der Waals surface area contributed by atoms with Gasteiger partial charge < -0.3 is 20.2 Å². The number of benzene rings is 1. The number of carbonyl (C=O) groups excluding carboxylic acids is 1. The van der Waals surface area contributed by atoms with E-state index in [4.69, 9.17) is 5.11 Å². The first kappa shape index (κ1) is 15.1. The Labute approximate surface area is 122 Å². The summed E-state index contributed by atoms with van der Waals surface area (Å²) >= 11 is 0. The second-order valence-electron chi connectivity index (χ2n) is 5.00. The predicted octanol–water partition coefficient (Wildman–Crippen LogP) is 0.673. The van der Waals surface area contributed by atoms with Gasteiger partial charge in [0.2, 0.25) is 5.91 Å². The Kier molecular flexibility index (Phi) is 4.62. The maximum Gasteiger partial charge on any atom is 0.322 e. The molecule has 0 saturated carbocycles. The van der Waals surface area contributed by atoms with Crippen LogP contribution < -0.4 is 15.1 Å². The van der Waals surface area contributed by atoms with Gasteiger partial charge in [-0.1, -0.05) is 0 Å². The van der Waals surface area contributed by atoms with E-state index in [9.17, 15) is 14.0 Å². The van der Waals surface area contributed by atoms with Crippen molar-refractivity contribution in [3.63, 3.8) is 0 Å². The van der Waals surface area contributed by atoms with Crippen LogP contribution in [0.1, 0.15) is 6.42 Å². The van der Waals surface area contributed by atoms with Crippen molar-refractivity contribution in [2.45, 2.75) is 6.42 Å². The molecule has 6 nitrogen and oxygen atoms in total. The summed E-state index contributed by atoms with van der Waals surface area (Å²) in [5.41, 5.74) is 1.51. The number of hydrogen-bond donors (Lipinski definition) is 2. The van der Waals surface area contributed by atoms with E-state index in [1.54, 1.807) is 11.0 Å². The predicted molar refractivity (Wildman–Crippen MR) is 77.1 cm³/mol. The average Bonchev–Trinajstić information content (AvgIpc) is 2.57. The fourth-order valence-corrected chi connectivity index (χ4v) is 2.38. The molecule has 2 rings (SSSR count). The molecule has 0 radical (unpaired) electrons. The lowest BCUT2D eigenvalue weighted by atomic mass is 10.2. The van der Waals surface area contributed by atoms with Crippen molar-refractivity contribution in [2.75, 3.05) is 43.0 Å². The molecule has 2 N–H and O–H groups in total. The van der Waals surface area contributed by atoms with Crippen molar-refractivity contribution in [3.8, 4) is 0 Å². The number of aliphatic carboxylic acids is 1. The summed E-state index contributed by atoms with van der Waals surface area (Å²) in [6.45, 7) is 1.02. The Morgan fingerprint density at radius 1 is 1.33 bits per heavy atom. The van der Waals surface area contributed by atoms with Gasteiger partial charge in [-0.3, -0.25) is 9.59 Å². The van der Waals surface area contributed by atoms with Crippen molar-refractivity contribution in [3.05, 3.63) is 24.0 Å². The molecule has 0 bridgehead atoms. The molecule has 1 amide bonds. The third-order valence-corrected chi connectivity index (χ3v) is 3.38. The van der Waals surface area contributed by atoms with Gasteiger partial charge >= 0.3 is 5.97 Å². The number of carboxylic acid groups (broad SMARTS) is 1. The molecule has 7 heteroatoms. The maximum absolute atomic E-state index is 13.5. The fraction of sp³-hybridized carbons (Fsp3) is 0.429. The molecule has 21 heavy (non-hydrogen) atoms. The summed E-state index contributed by atoms with van der Waals surface area (Å²) in [5.74, 6) is -1.84. The van der Waals surface area contributed by atoms with Crippen LogP contribution in [0.15, 0.2) is 18.2 Å². The first-order valence-electron chi connectivity index (χ1n) is 6.71. The van der Waals surface area contributed by atoms with Crippen molar-refractivity contribution >= 4 is 23.3 Å². The molecular formula is C14H18FN3O3. The second-order valence-corrected chi connectivity index (χ2v) is 5.00. The Bertz CT molecular complexity index is 550. The van der Waals surface area contributed by atoms with E-state index in [2.05, 4.69) is 5.32 Å².